The van der Waals surface area contributed by atoms with E-state index in [1.165, 1.54) is 0 Å². The Labute approximate surface area is 161 Å². The topological polar surface area (TPSA) is 153 Å². The molecule has 7 N–H and O–H groups in total. The molecule has 0 bridgehead atoms. The Morgan fingerprint density at radius 3 is 2.50 bits per heavy atom. The maximum Gasteiger partial charge on any atom is 0.336 e. The highest BCUT2D eigenvalue weighted by Gasteiger charge is 2.15. The van der Waals surface area contributed by atoms with Crippen LogP contribution in [0.4, 0.5) is 5.69 Å². The lowest BCUT2D eigenvalue weighted by Gasteiger charge is -2.10. The van der Waals surface area contributed by atoms with Gasteiger partial charge >= 0.3 is 5.97 Å². The fourth-order valence-electron chi connectivity index (χ4n) is 3.03. The molecule has 0 saturated heterocycles. The number of aromatic carboxylic acids is 1. The summed E-state index contributed by atoms with van der Waals surface area (Å²) in [5.74, 6) is -1.28. The standard InChI is InChI=1S/C20H20N6O2/c1-10-6-11(2)17-14(7-10)15(18(27)28)9-16(25-17)12-4-3-5-13(8-12)24-20(23)26-19(21)22/h3-9H,1-2H3,(H,27,28)(H6,21,22,23,24,26). The average Bonchev–Trinajstić information content (AvgIpc) is 2.60. The van der Waals surface area contributed by atoms with Gasteiger partial charge in [-0.15, -0.1) is 0 Å². The van der Waals surface area contributed by atoms with Gasteiger partial charge in [-0.25, -0.2) is 14.8 Å². The average molecular weight is 376 g/mol. The summed E-state index contributed by atoms with van der Waals surface area (Å²) in [5, 5.41) is 10.3. The molecule has 2 aromatic carbocycles. The Morgan fingerprint density at radius 1 is 1.07 bits per heavy atom. The van der Waals surface area contributed by atoms with Crippen molar-refractivity contribution in [1.82, 2.24) is 4.98 Å². The fraction of sp³-hybridized carbons (Fsp3) is 0.100. The van der Waals surface area contributed by atoms with Crippen molar-refractivity contribution in [2.45, 2.75) is 13.8 Å². The number of nitrogens with two attached hydrogens (primary N) is 3. The lowest BCUT2D eigenvalue weighted by molar-refractivity contribution is 0.0699. The van der Waals surface area contributed by atoms with Gasteiger partial charge < -0.3 is 22.3 Å². The molecule has 8 heteroatoms. The van der Waals surface area contributed by atoms with Crippen LogP contribution in [0.25, 0.3) is 22.2 Å². The molecule has 1 aromatic heterocycles. The summed E-state index contributed by atoms with van der Waals surface area (Å²) >= 11 is 0. The zero-order chi connectivity index (χ0) is 20.4. The number of aromatic nitrogens is 1. The molecule has 0 radical (unpaired) electrons. The monoisotopic (exact) mass is 376 g/mol. The van der Waals surface area contributed by atoms with E-state index in [-0.39, 0.29) is 17.5 Å². The second kappa shape index (κ2) is 7.36. The van der Waals surface area contributed by atoms with Crippen molar-refractivity contribution >= 4 is 34.5 Å². The maximum absolute atomic E-state index is 11.8. The van der Waals surface area contributed by atoms with Crippen LogP contribution in [0.1, 0.15) is 21.5 Å². The van der Waals surface area contributed by atoms with Gasteiger partial charge in [0.2, 0.25) is 5.96 Å². The number of nitrogens with zero attached hydrogens (tertiary/aromatic N) is 3. The van der Waals surface area contributed by atoms with Crippen molar-refractivity contribution in [3.63, 3.8) is 0 Å². The summed E-state index contributed by atoms with van der Waals surface area (Å²) in [4.78, 5) is 24.3. The third-order valence-electron chi connectivity index (χ3n) is 4.11. The summed E-state index contributed by atoms with van der Waals surface area (Å²) in [5.41, 5.74) is 20.7. The van der Waals surface area contributed by atoms with E-state index >= 15 is 0 Å². The van der Waals surface area contributed by atoms with Crippen LogP contribution >= 0.6 is 0 Å². The molecule has 142 valence electrons. The summed E-state index contributed by atoms with van der Waals surface area (Å²) < 4.78 is 0. The van der Waals surface area contributed by atoms with Crippen LogP contribution in [0, 0.1) is 13.8 Å². The Morgan fingerprint density at radius 2 is 1.82 bits per heavy atom. The molecule has 0 aliphatic heterocycles. The predicted octanol–water partition coefficient (Wildman–Crippen LogP) is 2.44. The first-order valence-corrected chi connectivity index (χ1v) is 8.44. The van der Waals surface area contributed by atoms with Gasteiger partial charge in [0.05, 0.1) is 22.5 Å². The van der Waals surface area contributed by atoms with Crippen LogP contribution < -0.4 is 17.2 Å². The van der Waals surface area contributed by atoms with Crippen LogP contribution in [-0.4, -0.2) is 28.0 Å². The van der Waals surface area contributed by atoms with E-state index < -0.39 is 5.97 Å². The van der Waals surface area contributed by atoms with Crippen molar-refractivity contribution in [2.24, 2.45) is 27.2 Å². The molecule has 0 aliphatic rings. The number of fused-ring (bicyclic) bond motifs is 1. The first-order chi connectivity index (χ1) is 13.2. The van der Waals surface area contributed by atoms with Crippen molar-refractivity contribution < 1.29 is 9.90 Å². The molecule has 3 rings (SSSR count). The molecule has 0 saturated carbocycles. The van der Waals surface area contributed by atoms with E-state index in [2.05, 4.69) is 15.0 Å². The smallest absolute Gasteiger partial charge is 0.336 e. The Bertz CT molecular complexity index is 1150. The van der Waals surface area contributed by atoms with E-state index in [0.29, 0.717) is 27.8 Å². The predicted molar refractivity (Wildman–Crippen MR) is 111 cm³/mol. The Balaban J connectivity index is 2.18. The van der Waals surface area contributed by atoms with Crippen LogP contribution in [0.3, 0.4) is 0 Å². The minimum atomic E-state index is -1.01. The van der Waals surface area contributed by atoms with Gasteiger partial charge in [-0.3, -0.25) is 0 Å². The molecule has 8 nitrogen and oxygen atoms in total. The molecule has 28 heavy (non-hydrogen) atoms. The summed E-state index contributed by atoms with van der Waals surface area (Å²) in [7, 11) is 0. The molecular weight excluding hydrogens is 356 g/mol. The van der Waals surface area contributed by atoms with Crippen molar-refractivity contribution in [1.29, 1.82) is 0 Å². The quantitative estimate of drug-likeness (QED) is 0.407. The number of hydrogen-bond donors (Lipinski definition) is 4. The van der Waals surface area contributed by atoms with Gasteiger partial charge in [0.1, 0.15) is 0 Å². The number of carboxylic acids is 1. The highest BCUT2D eigenvalue weighted by molar-refractivity contribution is 6.04. The molecular formula is C20H20N6O2. The van der Waals surface area contributed by atoms with Crippen LogP contribution in [0.15, 0.2) is 52.4 Å². The van der Waals surface area contributed by atoms with Crippen molar-refractivity contribution in [2.75, 3.05) is 0 Å². The number of guanidine groups is 2. The van der Waals surface area contributed by atoms with Gasteiger partial charge in [-0.2, -0.15) is 4.99 Å². The van der Waals surface area contributed by atoms with E-state index in [1.807, 2.05) is 32.0 Å². The molecule has 0 spiro atoms. The molecule has 3 aromatic rings. The first kappa shape index (κ1) is 18.8. The van der Waals surface area contributed by atoms with Gasteiger partial charge in [0.15, 0.2) is 5.96 Å². The Kier molecular flexibility index (Phi) is 4.95. The lowest BCUT2D eigenvalue weighted by Crippen LogP contribution is -2.26. The maximum atomic E-state index is 11.8. The first-order valence-electron chi connectivity index (χ1n) is 8.44. The van der Waals surface area contributed by atoms with Crippen LogP contribution in [-0.2, 0) is 0 Å². The minimum absolute atomic E-state index is 0.0823. The number of carboxylic acid groups (broad SMARTS) is 1. The van der Waals surface area contributed by atoms with Crippen molar-refractivity contribution in [3.8, 4) is 11.3 Å². The highest BCUT2D eigenvalue weighted by atomic mass is 16.4. The SMILES string of the molecule is Cc1cc(C)c2nc(-c3cccc(N=C(N)N=C(N)N)c3)cc(C(=O)O)c2c1. The van der Waals surface area contributed by atoms with E-state index in [9.17, 15) is 9.90 Å². The largest absolute Gasteiger partial charge is 0.478 e. The normalized spacial score (nSPS) is 11.4. The second-order valence-corrected chi connectivity index (χ2v) is 6.40. The van der Waals surface area contributed by atoms with Gasteiger partial charge in [0, 0.05) is 10.9 Å². The number of aryl methyl sites for hydroxylation is 2. The molecule has 1 heterocycles. The molecule has 0 atom stereocenters. The minimum Gasteiger partial charge on any atom is -0.478 e. The Hall–Kier alpha value is -3.94. The summed E-state index contributed by atoms with van der Waals surface area (Å²) in [6.07, 6.45) is 0. The molecule has 0 amide bonds. The molecule has 0 fully saturated rings. The number of pyridine rings is 1. The van der Waals surface area contributed by atoms with Crippen LogP contribution in [0.5, 0.6) is 0 Å². The molecule has 0 aliphatic carbocycles. The van der Waals surface area contributed by atoms with Gasteiger partial charge in [-0.05, 0) is 43.7 Å². The highest BCUT2D eigenvalue weighted by Crippen LogP contribution is 2.29. The van der Waals surface area contributed by atoms with Gasteiger partial charge in [-0.1, -0.05) is 23.8 Å². The number of aliphatic imine (C=N–C) groups is 2. The lowest BCUT2D eigenvalue weighted by atomic mass is 10.00. The van der Waals surface area contributed by atoms with Crippen molar-refractivity contribution in [3.05, 3.63) is 59.2 Å². The number of carbonyl (C=O) groups is 1. The number of hydrogen-bond acceptors (Lipinski definition) is 3. The number of rotatable bonds is 3. The third kappa shape index (κ3) is 3.90. The van der Waals surface area contributed by atoms with Gasteiger partial charge in [0.25, 0.3) is 0 Å². The fourth-order valence-corrected chi connectivity index (χ4v) is 3.03. The van der Waals surface area contributed by atoms with E-state index in [4.69, 9.17) is 17.2 Å². The third-order valence-corrected chi connectivity index (χ3v) is 4.11. The summed E-state index contributed by atoms with van der Waals surface area (Å²) in [6.45, 7) is 3.84. The van der Waals surface area contributed by atoms with E-state index in [1.54, 1.807) is 24.3 Å². The zero-order valence-electron chi connectivity index (χ0n) is 15.5. The number of benzene rings is 2. The second-order valence-electron chi connectivity index (χ2n) is 6.40. The van der Waals surface area contributed by atoms with E-state index in [0.717, 1.165) is 11.1 Å². The molecule has 0 unspecified atom stereocenters. The summed E-state index contributed by atoms with van der Waals surface area (Å²) in [6, 6.07) is 12.4. The van der Waals surface area contributed by atoms with Crippen LogP contribution in [0.2, 0.25) is 0 Å². The zero-order valence-corrected chi connectivity index (χ0v) is 15.5.